The molecule has 1 heterocycles. The molecule has 0 N–H and O–H groups in total. The Morgan fingerprint density at radius 2 is 1.73 bits per heavy atom. The Bertz CT molecular complexity index is 459. The molecule has 2 atom stereocenters. The number of aryl methyl sites for hydroxylation is 2. The quantitative estimate of drug-likeness (QED) is 0.696. The van der Waals surface area contributed by atoms with Gasteiger partial charge in [-0.1, -0.05) is 15.9 Å². The summed E-state index contributed by atoms with van der Waals surface area (Å²) in [7, 11) is 0. The molecule has 0 aliphatic carbocycles. The Balaban J connectivity index is 1.69. The summed E-state index contributed by atoms with van der Waals surface area (Å²) in [6.07, 6.45) is 2.98. The molecule has 0 saturated carbocycles. The minimum atomic E-state index is 0.355. The van der Waals surface area contributed by atoms with E-state index in [0.717, 1.165) is 42.9 Å². The topological polar surface area (TPSA) is 21.7 Å². The number of morpholine rings is 1. The average Bonchev–Trinajstić information content (AvgIpc) is 2.39. The first-order valence-electron chi connectivity index (χ1n) is 8.23. The second-order valence-electron chi connectivity index (χ2n) is 6.44. The number of hydrogen-bond acceptors (Lipinski definition) is 3. The predicted octanol–water partition coefficient (Wildman–Crippen LogP) is 4.33. The van der Waals surface area contributed by atoms with Crippen molar-refractivity contribution in [1.82, 2.24) is 4.90 Å². The molecular formula is C18H28BrNO2. The zero-order valence-electron chi connectivity index (χ0n) is 14.2. The number of rotatable bonds is 6. The van der Waals surface area contributed by atoms with Crippen LogP contribution in [-0.4, -0.2) is 43.3 Å². The van der Waals surface area contributed by atoms with Crippen LogP contribution in [0.5, 0.6) is 5.75 Å². The smallest absolute Gasteiger partial charge is 0.125 e. The van der Waals surface area contributed by atoms with Crippen LogP contribution in [0.2, 0.25) is 0 Å². The van der Waals surface area contributed by atoms with E-state index in [-0.39, 0.29) is 0 Å². The minimum Gasteiger partial charge on any atom is -0.493 e. The van der Waals surface area contributed by atoms with Gasteiger partial charge < -0.3 is 9.47 Å². The van der Waals surface area contributed by atoms with E-state index in [4.69, 9.17) is 9.47 Å². The SMILES string of the molecule is Cc1cc(Br)cc(C)c1OCCCCN1C[C@@H](C)O[C@@H](C)C1. The number of benzene rings is 1. The van der Waals surface area contributed by atoms with Gasteiger partial charge in [0.2, 0.25) is 0 Å². The Hall–Kier alpha value is -0.580. The molecule has 1 aromatic carbocycles. The first kappa shape index (κ1) is 17.8. The number of nitrogens with zero attached hydrogens (tertiary/aromatic N) is 1. The normalized spacial score (nSPS) is 22.8. The molecule has 124 valence electrons. The average molecular weight is 370 g/mol. The van der Waals surface area contributed by atoms with Gasteiger partial charge in [0, 0.05) is 17.6 Å². The maximum Gasteiger partial charge on any atom is 0.125 e. The molecule has 0 spiro atoms. The molecule has 0 amide bonds. The third kappa shape index (κ3) is 5.25. The summed E-state index contributed by atoms with van der Waals surface area (Å²) in [5.74, 6) is 1.04. The lowest BCUT2D eigenvalue weighted by Crippen LogP contribution is -2.45. The fourth-order valence-corrected chi connectivity index (χ4v) is 3.89. The van der Waals surface area contributed by atoms with Gasteiger partial charge in [0.05, 0.1) is 18.8 Å². The standard InChI is InChI=1S/C18H28BrNO2/c1-13-9-17(19)10-14(2)18(13)21-8-6-5-7-20-11-15(3)22-16(4)12-20/h9-10,15-16H,5-8,11-12H2,1-4H3/t15-,16+. The second kappa shape index (κ2) is 8.32. The molecule has 0 aromatic heterocycles. The lowest BCUT2D eigenvalue weighted by molar-refractivity contribution is -0.0682. The number of hydrogen-bond donors (Lipinski definition) is 0. The highest BCUT2D eigenvalue weighted by Gasteiger charge is 2.21. The van der Waals surface area contributed by atoms with E-state index in [9.17, 15) is 0 Å². The van der Waals surface area contributed by atoms with E-state index >= 15 is 0 Å². The summed E-state index contributed by atoms with van der Waals surface area (Å²) in [6.45, 7) is 12.5. The lowest BCUT2D eigenvalue weighted by Gasteiger charge is -2.35. The molecule has 3 nitrogen and oxygen atoms in total. The van der Waals surface area contributed by atoms with Crippen LogP contribution in [0, 0.1) is 13.8 Å². The van der Waals surface area contributed by atoms with Crippen molar-refractivity contribution in [2.75, 3.05) is 26.2 Å². The van der Waals surface area contributed by atoms with Gasteiger partial charge in [-0.25, -0.2) is 0 Å². The van der Waals surface area contributed by atoms with Crippen LogP contribution in [0.25, 0.3) is 0 Å². The van der Waals surface area contributed by atoms with Crippen molar-refractivity contribution in [1.29, 1.82) is 0 Å². The number of unbranched alkanes of at least 4 members (excludes halogenated alkanes) is 1. The molecule has 1 fully saturated rings. The van der Waals surface area contributed by atoms with E-state index in [0.29, 0.717) is 12.2 Å². The van der Waals surface area contributed by atoms with Gasteiger partial charge in [-0.15, -0.1) is 0 Å². The van der Waals surface area contributed by atoms with Gasteiger partial charge in [0.15, 0.2) is 0 Å². The van der Waals surface area contributed by atoms with Crippen LogP contribution < -0.4 is 4.74 Å². The third-order valence-electron chi connectivity index (χ3n) is 4.04. The first-order chi connectivity index (χ1) is 10.5. The Morgan fingerprint density at radius 3 is 2.32 bits per heavy atom. The molecule has 1 aliphatic heterocycles. The van der Waals surface area contributed by atoms with Gasteiger partial charge in [0.1, 0.15) is 5.75 Å². The Morgan fingerprint density at radius 1 is 1.14 bits per heavy atom. The Labute approximate surface area is 143 Å². The van der Waals surface area contributed by atoms with Crippen LogP contribution >= 0.6 is 15.9 Å². The van der Waals surface area contributed by atoms with Crippen molar-refractivity contribution in [3.63, 3.8) is 0 Å². The summed E-state index contributed by atoms with van der Waals surface area (Å²) in [5.41, 5.74) is 2.39. The largest absolute Gasteiger partial charge is 0.493 e. The summed E-state index contributed by atoms with van der Waals surface area (Å²) in [6, 6.07) is 4.22. The van der Waals surface area contributed by atoms with Gasteiger partial charge in [0.25, 0.3) is 0 Å². The minimum absolute atomic E-state index is 0.355. The van der Waals surface area contributed by atoms with Crippen molar-refractivity contribution >= 4 is 15.9 Å². The van der Waals surface area contributed by atoms with Gasteiger partial charge in [-0.05, 0) is 70.3 Å². The molecule has 0 bridgehead atoms. The molecule has 4 heteroatoms. The van der Waals surface area contributed by atoms with E-state index in [1.54, 1.807) is 0 Å². The maximum absolute atomic E-state index is 5.99. The van der Waals surface area contributed by atoms with Crippen LogP contribution in [0.1, 0.15) is 37.8 Å². The van der Waals surface area contributed by atoms with E-state index in [1.807, 2.05) is 0 Å². The number of ether oxygens (including phenoxy) is 2. The van der Waals surface area contributed by atoms with Crippen molar-refractivity contribution in [3.8, 4) is 5.75 Å². The van der Waals surface area contributed by atoms with Crippen LogP contribution in [-0.2, 0) is 4.74 Å². The third-order valence-corrected chi connectivity index (χ3v) is 4.49. The molecule has 0 unspecified atom stereocenters. The van der Waals surface area contributed by atoms with Crippen molar-refractivity contribution in [3.05, 3.63) is 27.7 Å². The predicted molar refractivity (Wildman–Crippen MR) is 94.8 cm³/mol. The monoisotopic (exact) mass is 369 g/mol. The van der Waals surface area contributed by atoms with Crippen LogP contribution in [0.15, 0.2) is 16.6 Å². The molecule has 1 aromatic rings. The highest BCUT2D eigenvalue weighted by molar-refractivity contribution is 9.10. The molecule has 0 radical (unpaired) electrons. The molecule has 2 rings (SSSR count). The van der Waals surface area contributed by atoms with Crippen LogP contribution in [0.3, 0.4) is 0 Å². The highest BCUT2D eigenvalue weighted by Crippen LogP contribution is 2.27. The van der Waals surface area contributed by atoms with Gasteiger partial charge >= 0.3 is 0 Å². The summed E-state index contributed by atoms with van der Waals surface area (Å²) < 4.78 is 12.9. The lowest BCUT2D eigenvalue weighted by atomic mass is 10.1. The number of halogens is 1. The van der Waals surface area contributed by atoms with Crippen molar-refractivity contribution < 1.29 is 9.47 Å². The highest BCUT2D eigenvalue weighted by atomic mass is 79.9. The van der Waals surface area contributed by atoms with Crippen LogP contribution in [0.4, 0.5) is 0 Å². The maximum atomic E-state index is 5.99. The zero-order chi connectivity index (χ0) is 16.1. The molecule has 1 aliphatic rings. The van der Waals surface area contributed by atoms with E-state index in [1.165, 1.54) is 17.5 Å². The van der Waals surface area contributed by atoms with Gasteiger partial charge in [-0.3, -0.25) is 4.90 Å². The summed E-state index contributed by atoms with van der Waals surface area (Å²) >= 11 is 3.52. The molecule has 22 heavy (non-hydrogen) atoms. The second-order valence-corrected chi connectivity index (χ2v) is 7.36. The fraction of sp³-hybridized carbons (Fsp3) is 0.667. The van der Waals surface area contributed by atoms with Crippen molar-refractivity contribution in [2.45, 2.75) is 52.7 Å². The van der Waals surface area contributed by atoms with Gasteiger partial charge in [-0.2, -0.15) is 0 Å². The van der Waals surface area contributed by atoms with E-state index < -0.39 is 0 Å². The first-order valence-corrected chi connectivity index (χ1v) is 9.02. The molecular weight excluding hydrogens is 342 g/mol. The summed E-state index contributed by atoms with van der Waals surface area (Å²) in [5, 5.41) is 0. The summed E-state index contributed by atoms with van der Waals surface area (Å²) in [4.78, 5) is 2.51. The molecule has 1 saturated heterocycles. The van der Waals surface area contributed by atoms with E-state index in [2.05, 4.69) is 60.7 Å². The zero-order valence-corrected chi connectivity index (χ0v) is 15.8. The fourth-order valence-electron chi connectivity index (χ4n) is 3.20. The van der Waals surface area contributed by atoms with Crippen molar-refractivity contribution in [2.24, 2.45) is 0 Å². The Kier molecular flexibility index (Phi) is 6.72.